The number of hydrogen-bond donors (Lipinski definition) is 1. The number of hydrogen-bond acceptors (Lipinski definition) is 6. The Labute approximate surface area is 189 Å². The van der Waals surface area contributed by atoms with Gasteiger partial charge in [0.1, 0.15) is 6.54 Å². The van der Waals surface area contributed by atoms with Crippen molar-refractivity contribution in [2.45, 2.75) is 12.5 Å². The molecule has 1 N–H and O–H groups in total. The van der Waals surface area contributed by atoms with E-state index in [1.165, 1.54) is 12.1 Å². The van der Waals surface area contributed by atoms with E-state index >= 15 is 0 Å². The zero-order valence-corrected chi connectivity index (χ0v) is 18.3. The fourth-order valence-corrected chi connectivity index (χ4v) is 3.83. The lowest BCUT2D eigenvalue weighted by molar-refractivity contribution is -0.137. The van der Waals surface area contributed by atoms with Gasteiger partial charge in [-0.2, -0.15) is 5.10 Å². The predicted octanol–water partition coefficient (Wildman–Crippen LogP) is 2.59. The van der Waals surface area contributed by atoms with E-state index in [0.717, 1.165) is 16.0 Å². The van der Waals surface area contributed by atoms with Crippen LogP contribution in [0.1, 0.15) is 23.6 Å². The van der Waals surface area contributed by atoms with Crippen molar-refractivity contribution in [3.8, 4) is 11.5 Å². The van der Waals surface area contributed by atoms with E-state index in [1.807, 2.05) is 18.2 Å². The highest BCUT2D eigenvalue weighted by atomic mass is 35.5. The first-order valence-corrected chi connectivity index (χ1v) is 10.2. The minimum Gasteiger partial charge on any atom is -0.493 e. The Kier molecular flexibility index (Phi) is 6.00. The molecule has 1 fully saturated rings. The minimum atomic E-state index is -0.591. The third kappa shape index (κ3) is 4.11. The van der Waals surface area contributed by atoms with Crippen molar-refractivity contribution in [2.75, 3.05) is 27.3 Å². The van der Waals surface area contributed by atoms with Gasteiger partial charge in [-0.25, -0.2) is 9.80 Å². The van der Waals surface area contributed by atoms with E-state index in [1.54, 1.807) is 31.4 Å². The summed E-state index contributed by atoms with van der Waals surface area (Å²) in [6.07, 6.45) is 0.434. The third-order valence-corrected chi connectivity index (χ3v) is 5.62. The van der Waals surface area contributed by atoms with Gasteiger partial charge in [0.2, 0.25) is 0 Å². The fraction of sp³-hybridized carbons (Fsp3) is 0.273. The van der Waals surface area contributed by atoms with Gasteiger partial charge in [-0.3, -0.25) is 14.5 Å². The number of nitrogens with zero attached hydrogens (tertiary/aromatic N) is 3. The molecule has 2 heterocycles. The Morgan fingerprint density at radius 1 is 1.12 bits per heavy atom. The van der Waals surface area contributed by atoms with E-state index in [9.17, 15) is 14.4 Å². The molecule has 2 aromatic rings. The van der Waals surface area contributed by atoms with Crippen LogP contribution in [0.15, 0.2) is 47.6 Å². The molecule has 0 aromatic heterocycles. The summed E-state index contributed by atoms with van der Waals surface area (Å²) in [7, 11) is 3.08. The molecule has 10 heteroatoms. The van der Waals surface area contributed by atoms with Crippen LogP contribution in [0.4, 0.5) is 4.79 Å². The van der Waals surface area contributed by atoms with Gasteiger partial charge in [0.15, 0.2) is 11.5 Å². The molecule has 4 amide bonds. The molecule has 0 saturated carbocycles. The number of nitrogens with one attached hydrogen (secondary N) is 1. The van der Waals surface area contributed by atoms with Crippen LogP contribution in [0.5, 0.6) is 11.5 Å². The summed E-state index contributed by atoms with van der Waals surface area (Å²) in [6.45, 7) is -0.517. The number of ether oxygens (including phenoxy) is 2. The van der Waals surface area contributed by atoms with Crippen LogP contribution < -0.4 is 14.8 Å². The number of hydrazone groups is 1. The van der Waals surface area contributed by atoms with Crippen molar-refractivity contribution in [2.24, 2.45) is 5.10 Å². The molecule has 1 unspecified atom stereocenters. The first-order chi connectivity index (χ1) is 15.4. The Morgan fingerprint density at radius 3 is 2.47 bits per heavy atom. The predicted molar refractivity (Wildman–Crippen MR) is 117 cm³/mol. The second-order valence-electron chi connectivity index (χ2n) is 7.26. The van der Waals surface area contributed by atoms with Crippen molar-refractivity contribution in [3.63, 3.8) is 0 Å². The monoisotopic (exact) mass is 456 g/mol. The summed E-state index contributed by atoms with van der Waals surface area (Å²) < 4.78 is 10.7. The molecule has 0 spiro atoms. The van der Waals surface area contributed by atoms with E-state index in [2.05, 4.69) is 10.4 Å². The van der Waals surface area contributed by atoms with Crippen LogP contribution in [-0.4, -0.2) is 60.8 Å². The zero-order chi connectivity index (χ0) is 22.8. The van der Waals surface area contributed by atoms with Crippen molar-refractivity contribution in [1.82, 2.24) is 15.2 Å². The quantitative estimate of drug-likeness (QED) is 0.673. The maximum atomic E-state index is 13.2. The second kappa shape index (κ2) is 8.88. The molecule has 4 rings (SSSR count). The normalized spacial score (nSPS) is 18.0. The molecule has 9 nitrogen and oxygen atoms in total. The Bertz CT molecular complexity index is 1090. The van der Waals surface area contributed by atoms with Crippen LogP contribution >= 0.6 is 11.6 Å². The average Bonchev–Trinajstić information content (AvgIpc) is 3.38. The third-order valence-electron chi connectivity index (χ3n) is 5.37. The van der Waals surface area contributed by atoms with Gasteiger partial charge in [-0.1, -0.05) is 29.8 Å². The number of amides is 4. The lowest BCUT2D eigenvalue weighted by Crippen LogP contribution is -2.41. The number of halogens is 1. The lowest BCUT2D eigenvalue weighted by Gasteiger charge is -2.24. The van der Waals surface area contributed by atoms with Crippen LogP contribution in [0.3, 0.4) is 0 Å². The smallest absolute Gasteiger partial charge is 0.325 e. The van der Waals surface area contributed by atoms with Gasteiger partial charge in [0.25, 0.3) is 11.8 Å². The summed E-state index contributed by atoms with van der Waals surface area (Å²) >= 11 is 6.00. The van der Waals surface area contributed by atoms with Crippen LogP contribution in [0.25, 0.3) is 0 Å². The van der Waals surface area contributed by atoms with Crippen molar-refractivity contribution in [3.05, 3.63) is 58.6 Å². The molecule has 2 aliphatic heterocycles. The van der Waals surface area contributed by atoms with Gasteiger partial charge in [0, 0.05) is 11.4 Å². The van der Waals surface area contributed by atoms with Crippen molar-refractivity contribution < 1.29 is 23.9 Å². The van der Waals surface area contributed by atoms with Crippen molar-refractivity contribution >= 4 is 35.2 Å². The highest BCUT2D eigenvalue weighted by Crippen LogP contribution is 2.37. The molecule has 166 valence electrons. The van der Waals surface area contributed by atoms with E-state index in [0.29, 0.717) is 28.7 Å². The largest absolute Gasteiger partial charge is 0.493 e. The SMILES string of the molecule is COc1ccc(C2CC(c3ccc(Cl)cc3)=NN2C(=O)CN2C(=O)CNC2=O)cc1OC. The second-order valence-corrected chi connectivity index (χ2v) is 7.70. The molecule has 1 saturated heterocycles. The number of carbonyl (C=O) groups is 3. The number of rotatable bonds is 6. The topological polar surface area (TPSA) is 101 Å². The first kappa shape index (κ1) is 21.6. The Morgan fingerprint density at radius 2 is 1.84 bits per heavy atom. The van der Waals surface area contributed by atoms with Crippen LogP contribution in [0, 0.1) is 0 Å². The van der Waals surface area contributed by atoms with Crippen LogP contribution in [-0.2, 0) is 9.59 Å². The highest BCUT2D eigenvalue weighted by molar-refractivity contribution is 6.30. The molecule has 0 aliphatic carbocycles. The number of imide groups is 1. The Hall–Kier alpha value is -3.59. The Balaban J connectivity index is 1.67. The molecule has 2 aliphatic rings. The average molecular weight is 457 g/mol. The van der Waals surface area contributed by atoms with E-state index in [-0.39, 0.29) is 6.54 Å². The van der Waals surface area contributed by atoms with E-state index in [4.69, 9.17) is 21.1 Å². The molecule has 0 bridgehead atoms. The zero-order valence-electron chi connectivity index (χ0n) is 17.5. The molecule has 1 atom stereocenters. The molecule has 2 aromatic carbocycles. The molecular formula is C22H21ClN4O5. The first-order valence-electron chi connectivity index (χ1n) is 9.87. The fourth-order valence-electron chi connectivity index (χ4n) is 3.70. The highest BCUT2D eigenvalue weighted by Gasteiger charge is 2.37. The number of carbonyl (C=O) groups excluding carboxylic acids is 3. The van der Waals surface area contributed by atoms with Gasteiger partial charge in [0.05, 0.1) is 32.5 Å². The van der Waals surface area contributed by atoms with Gasteiger partial charge >= 0.3 is 6.03 Å². The molecular weight excluding hydrogens is 436 g/mol. The maximum Gasteiger partial charge on any atom is 0.325 e. The maximum absolute atomic E-state index is 13.2. The van der Waals surface area contributed by atoms with Gasteiger partial charge < -0.3 is 14.8 Å². The van der Waals surface area contributed by atoms with Gasteiger partial charge in [-0.05, 0) is 35.4 Å². The van der Waals surface area contributed by atoms with Gasteiger partial charge in [-0.15, -0.1) is 0 Å². The number of benzene rings is 2. The summed E-state index contributed by atoms with van der Waals surface area (Å²) in [5.74, 6) is 0.156. The minimum absolute atomic E-state index is 0.121. The number of methoxy groups -OCH3 is 2. The van der Waals surface area contributed by atoms with Crippen LogP contribution in [0.2, 0.25) is 5.02 Å². The number of urea groups is 1. The summed E-state index contributed by atoms with van der Waals surface area (Å²) in [5, 5.41) is 8.88. The standard InChI is InChI=1S/C22H21ClN4O5/c1-31-18-8-5-14(9-19(18)32-2)17-10-16(13-3-6-15(23)7-4-13)25-27(17)21(29)12-26-20(28)11-24-22(26)30/h3-9,17H,10-12H2,1-2H3,(H,24,30). The molecule has 32 heavy (non-hydrogen) atoms. The molecule has 0 radical (unpaired) electrons. The lowest BCUT2D eigenvalue weighted by atomic mass is 9.98. The van der Waals surface area contributed by atoms with E-state index < -0.39 is 30.4 Å². The summed E-state index contributed by atoms with van der Waals surface area (Å²) in [4.78, 5) is 37.9. The van der Waals surface area contributed by atoms with Crippen molar-refractivity contribution in [1.29, 1.82) is 0 Å². The summed E-state index contributed by atoms with van der Waals surface area (Å²) in [5.41, 5.74) is 2.29. The summed E-state index contributed by atoms with van der Waals surface area (Å²) in [6, 6.07) is 11.5.